The molecule has 0 aromatic carbocycles. The van der Waals surface area contributed by atoms with Crippen molar-refractivity contribution < 1.29 is 19.2 Å². The Balaban J connectivity index is 1.93. The van der Waals surface area contributed by atoms with Gasteiger partial charge in [-0.2, -0.15) is 0 Å². The third-order valence-corrected chi connectivity index (χ3v) is 7.06. The van der Waals surface area contributed by atoms with Crippen LogP contribution in [0.25, 0.3) is 0 Å². The molecule has 10 nitrogen and oxygen atoms in total. The van der Waals surface area contributed by atoms with Crippen molar-refractivity contribution in [1.29, 1.82) is 0 Å². The summed E-state index contributed by atoms with van der Waals surface area (Å²) >= 11 is 0. The van der Waals surface area contributed by atoms with Crippen molar-refractivity contribution >= 4 is 23.5 Å². The molecule has 8 N–H and O–H groups in total. The first-order chi connectivity index (χ1) is 16.2. The molecule has 1 saturated heterocycles. The normalized spacial score (nSPS) is 20.3. The summed E-state index contributed by atoms with van der Waals surface area (Å²) in [5.41, 5.74) is 10.8. The molecule has 1 aliphatic carbocycles. The molecule has 0 aromatic rings. The maximum atomic E-state index is 13.1. The fourth-order valence-corrected chi connectivity index (χ4v) is 4.95. The van der Waals surface area contributed by atoms with Crippen LogP contribution < -0.4 is 32.7 Å². The lowest BCUT2D eigenvalue weighted by Gasteiger charge is -2.37. The zero-order valence-electron chi connectivity index (χ0n) is 20.8. The maximum absolute atomic E-state index is 13.1. The van der Waals surface area contributed by atoms with E-state index < -0.39 is 23.4 Å². The molecule has 3 amide bonds. The van der Waals surface area contributed by atoms with Gasteiger partial charge in [-0.25, -0.2) is 0 Å². The van der Waals surface area contributed by atoms with E-state index >= 15 is 0 Å². The maximum Gasteiger partial charge on any atom is 0.246 e. The van der Waals surface area contributed by atoms with Gasteiger partial charge in [0.1, 0.15) is 5.54 Å². The van der Waals surface area contributed by atoms with E-state index in [1.54, 1.807) is 13.8 Å². The molecular weight excluding hydrogens is 436 g/mol. The molecule has 2 fully saturated rings. The van der Waals surface area contributed by atoms with Crippen molar-refractivity contribution in [3.63, 3.8) is 0 Å². The van der Waals surface area contributed by atoms with Crippen LogP contribution in [-0.2, 0) is 19.2 Å². The summed E-state index contributed by atoms with van der Waals surface area (Å²) in [6.07, 6.45) is 6.98. The fraction of sp³-hybridized carbons (Fsp3) is 0.833. The van der Waals surface area contributed by atoms with E-state index in [-0.39, 0.29) is 43.2 Å². The second-order valence-electron chi connectivity index (χ2n) is 10.1. The smallest absolute Gasteiger partial charge is 0.246 e. The zero-order chi connectivity index (χ0) is 25.1. The van der Waals surface area contributed by atoms with E-state index in [4.69, 9.17) is 11.5 Å². The van der Waals surface area contributed by atoms with Crippen molar-refractivity contribution in [1.82, 2.24) is 21.3 Å². The lowest BCUT2D eigenvalue weighted by atomic mass is 9.82. The largest absolute Gasteiger partial charge is 0.345 e. The molecule has 34 heavy (non-hydrogen) atoms. The summed E-state index contributed by atoms with van der Waals surface area (Å²) in [6.45, 7) is 4.68. The van der Waals surface area contributed by atoms with Gasteiger partial charge in [0.05, 0.1) is 12.6 Å². The van der Waals surface area contributed by atoms with Crippen molar-refractivity contribution in [2.45, 2.75) is 89.3 Å². The average Bonchev–Trinajstić information content (AvgIpc) is 2.82. The first-order valence-electron chi connectivity index (χ1n) is 12.8. The molecular formula is C24H44N6O4. The number of amides is 3. The summed E-state index contributed by atoms with van der Waals surface area (Å²) in [6, 6.07) is -0.894. The highest BCUT2D eigenvalue weighted by Crippen LogP contribution is 2.27. The van der Waals surface area contributed by atoms with Crippen LogP contribution in [-0.4, -0.2) is 67.3 Å². The predicted octanol–water partition coefficient (Wildman–Crippen LogP) is -0.303. The Morgan fingerprint density at radius 1 is 1.03 bits per heavy atom. The molecule has 194 valence electrons. The number of hydrogen-bond donors (Lipinski definition) is 6. The van der Waals surface area contributed by atoms with Crippen LogP contribution in [0, 0.1) is 11.8 Å². The Labute approximate surface area is 203 Å². The predicted molar refractivity (Wildman–Crippen MR) is 131 cm³/mol. The summed E-state index contributed by atoms with van der Waals surface area (Å²) < 4.78 is 0. The Hall–Kier alpha value is -2.04. The van der Waals surface area contributed by atoms with Gasteiger partial charge in [-0.1, -0.05) is 33.1 Å². The first kappa shape index (κ1) is 28.2. The highest BCUT2D eigenvalue weighted by molar-refractivity contribution is 5.95. The number of carbonyl (C=O) groups is 4. The average molecular weight is 481 g/mol. The van der Waals surface area contributed by atoms with Crippen LogP contribution >= 0.6 is 0 Å². The molecule has 0 bridgehead atoms. The third kappa shape index (κ3) is 8.32. The number of nitrogens with two attached hydrogens (primary N) is 2. The Morgan fingerprint density at radius 2 is 1.68 bits per heavy atom. The SMILES string of the molecule is CC(C)C(=O)C(CCN)NC(=O)CNC(=O)C1(NC(=O)CC(N)C2CCCCC2)CCNCC1. The number of nitrogens with one attached hydrogen (secondary N) is 4. The Morgan fingerprint density at radius 3 is 2.26 bits per heavy atom. The van der Waals surface area contributed by atoms with Crippen molar-refractivity contribution in [3.05, 3.63) is 0 Å². The lowest BCUT2D eigenvalue weighted by molar-refractivity contribution is -0.136. The van der Waals surface area contributed by atoms with Gasteiger partial charge in [0.2, 0.25) is 17.7 Å². The van der Waals surface area contributed by atoms with Gasteiger partial charge < -0.3 is 32.7 Å². The second kappa shape index (κ2) is 13.7. The number of ketones is 1. The minimum absolute atomic E-state index is 0.0958. The minimum atomic E-state index is -1.08. The molecule has 0 aromatic heterocycles. The van der Waals surface area contributed by atoms with Gasteiger partial charge in [0, 0.05) is 18.4 Å². The summed E-state index contributed by atoms with van der Waals surface area (Å²) in [5.74, 6) is -1.08. The molecule has 1 saturated carbocycles. The van der Waals surface area contributed by atoms with E-state index in [1.807, 2.05) is 0 Å². The Bertz CT molecular complexity index is 702. The first-order valence-corrected chi connectivity index (χ1v) is 12.8. The number of hydrogen-bond acceptors (Lipinski definition) is 7. The molecule has 2 rings (SSSR count). The van der Waals surface area contributed by atoms with E-state index in [2.05, 4.69) is 21.3 Å². The molecule has 2 aliphatic rings. The number of piperidine rings is 1. The molecule has 1 heterocycles. The molecule has 2 unspecified atom stereocenters. The van der Waals surface area contributed by atoms with E-state index in [0.717, 1.165) is 25.7 Å². The van der Waals surface area contributed by atoms with Gasteiger partial charge in [-0.15, -0.1) is 0 Å². The topological polar surface area (TPSA) is 168 Å². The van der Waals surface area contributed by atoms with Crippen LogP contribution in [0.1, 0.15) is 71.6 Å². The monoisotopic (exact) mass is 480 g/mol. The quantitative estimate of drug-likeness (QED) is 0.223. The van der Waals surface area contributed by atoms with Crippen LogP contribution in [0.15, 0.2) is 0 Å². The molecule has 10 heteroatoms. The lowest BCUT2D eigenvalue weighted by Crippen LogP contribution is -2.64. The van der Waals surface area contributed by atoms with Gasteiger partial charge in [-0.3, -0.25) is 19.2 Å². The van der Waals surface area contributed by atoms with Gasteiger partial charge in [0.15, 0.2) is 5.78 Å². The van der Waals surface area contributed by atoms with E-state index in [1.165, 1.54) is 6.42 Å². The molecule has 0 spiro atoms. The second-order valence-corrected chi connectivity index (χ2v) is 10.1. The minimum Gasteiger partial charge on any atom is -0.345 e. The van der Waals surface area contributed by atoms with Crippen LogP contribution in [0.4, 0.5) is 0 Å². The Kier molecular flexibility index (Phi) is 11.4. The number of Topliss-reactive ketones (excluding diaryl/α,β-unsaturated/α-hetero) is 1. The third-order valence-electron chi connectivity index (χ3n) is 7.06. The van der Waals surface area contributed by atoms with E-state index in [0.29, 0.717) is 38.3 Å². The van der Waals surface area contributed by atoms with E-state index in [9.17, 15) is 19.2 Å². The fourth-order valence-electron chi connectivity index (χ4n) is 4.95. The summed E-state index contributed by atoms with van der Waals surface area (Å²) in [7, 11) is 0. The van der Waals surface area contributed by atoms with Crippen LogP contribution in [0.3, 0.4) is 0 Å². The summed E-state index contributed by atoms with van der Waals surface area (Å²) in [4.78, 5) is 50.8. The number of carbonyl (C=O) groups excluding carboxylic acids is 4. The molecule has 1 aliphatic heterocycles. The highest BCUT2D eigenvalue weighted by atomic mass is 16.2. The van der Waals surface area contributed by atoms with Gasteiger partial charge >= 0.3 is 0 Å². The van der Waals surface area contributed by atoms with Gasteiger partial charge in [-0.05, 0) is 57.7 Å². The standard InChI is InChI=1S/C24H44N6O4/c1-16(2)22(33)19(8-11-25)29-21(32)15-28-23(34)24(9-12-27-13-10-24)30-20(31)14-18(26)17-6-4-3-5-7-17/h16-19,27H,3-15,25-26H2,1-2H3,(H,28,34)(H,29,32)(H,30,31). The number of rotatable bonds is 12. The highest BCUT2D eigenvalue weighted by Gasteiger charge is 2.41. The summed E-state index contributed by atoms with van der Waals surface area (Å²) in [5, 5.41) is 11.5. The van der Waals surface area contributed by atoms with Crippen molar-refractivity contribution in [2.75, 3.05) is 26.2 Å². The van der Waals surface area contributed by atoms with Gasteiger partial charge in [0.25, 0.3) is 0 Å². The zero-order valence-corrected chi connectivity index (χ0v) is 20.8. The van der Waals surface area contributed by atoms with Crippen molar-refractivity contribution in [3.8, 4) is 0 Å². The molecule has 2 atom stereocenters. The van der Waals surface area contributed by atoms with Crippen LogP contribution in [0.5, 0.6) is 0 Å². The van der Waals surface area contributed by atoms with Crippen molar-refractivity contribution in [2.24, 2.45) is 23.3 Å². The van der Waals surface area contributed by atoms with Crippen LogP contribution in [0.2, 0.25) is 0 Å². The molecule has 0 radical (unpaired) electrons.